The topological polar surface area (TPSA) is 26.3 Å². The number of carbonyl (C=O) groups is 1. The van der Waals surface area contributed by atoms with Gasteiger partial charge in [0.15, 0.2) is 0 Å². The second-order valence-corrected chi connectivity index (χ2v) is 4.03. The van der Waals surface area contributed by atoms with Crippen LogP contribution in [0, 0.1) is 5.92 Å². The minimum absolute atomic E-state index is 0.0548. The number of ether oxygens (including phenoxy) is 1. The molecule has 1 fully saturated rings. The maximum absolute atomic E-state index is 11.2. The third-order valence-electron chi connectivity index (χ3n) is 2.92. The van der Waals surface area contributed by atoms with E-state index in [1.165, 1.54) is 38.2 Å². The van der Waals surface area contributed by atoms with Gasteiger partial charge < -0.3 is 4.74 Å². The van der Waals surface area contributed by atoms with Crippen molar-refractivity contribution < 1.29 is 9.53 Å². The molecule has 0 heterocycles. The summed E-state index contributed by atoms with van der Waals surface area (Å²) in [4.78, 5) is 11.2. The highest BCUT2D eigenvalue weighted by molar-refractivity contribution is 5.81. The zero-order valence-corrected chi connectivity index (χ0v) is 9.45. The molecule has 0 amide bonds. The fourth-order valence-electron chi connectivity index (χ4n) is 2.13. The molecule has 0 spiro atoms. The predicted octanol–water partition coefficient (Wildman–Crippen LogP) is 3.24. The van der Waals surface area contributed by atoms with E-state index in [1.807, 2.05) is 19.1 Å². The van der Waals surface area contributed by atoms with Gasteiger partial charge in [-0.1, -0.05) is 31.9 Å². The molecular formula is C13H20O2. The first-order chi connectivity index (χ1) is 7.27. The highest BCUT2D eigenvalue weighted by Gasteiger charge is 2.23. The van der Waals surface area contributed by atoms with Crippen molar-refractivity contribution in [3.63, 3.8) is 0 Å². The van der Waals surface area contributed by atoms with E-state index >= 15 is 0 Å². The van der Waals surface area contributed by atoms with Crippen LogP contribution in [0.3, 0.4) is 0 Å². The first-order valence-electron chi connectivity index (χ1n) is 5.73. The molecule has 0 aromatic rings. The summed E-state index contributed by atoms with van der Waals surface area (Å²) in [6.07, 6.45) is 11.3. The molecule has 1 atom stereocenters. The van der Waals surface area contributed by atoms with Crippen molar-refractivity contribution in [1.29, 1.82) is 0 Å². The molecule has 2 heteroatoms. The van der Waals surface area contributed by atoms with Crippen LogP contribution in [0.1, 0.15) is 39.0 Å². The first kappa shape index (κ1) is 12.0. The van der Waals surface area contributed by atoms with Gasteiger partial charge in [-0.15, -0.1) is 0 Å². The van der Waals surface area contributed by atoms with E-state index in [4.69, 9.17) is 4.74 Å². The molecule has 15 heavy (non-hydrogen) atoms. The largest absolute Gasteiger partial charge is 0.455 e. The van der Waals surface area contributed by atoms with Crippen molar-refractivity contribution in [3.05, 3.63) is 24.8 Å². The molecule has 1 rings (SSSR count). The van der Waals surface area contributed by atoms with Gasteiger partial charge in [0.05, 0.1) is 0 Å². The minimum Gasteiger partial charge on any atom is -0.455 e. The normalized spacial score (nSPS) is 20.1. The Kier molecular flexibility index (Phi) is 5.16. The molecule has 0 radical (unpaired) electrons. The molecule has 1 aliphatic carbocycles. The van der Waals surface area contributed by atoms with E-state index in [1.54, 1.807) is 0 Å². The maximum atomic E-state index is 11.2. The van der Waals surface area contributed by atoms with Crippen molar-refractivity contribution in [1.82, 2.24) is 0 Å². The summed E-state index contributed by atoms with van der Waals surface area (Å²) in [6, 6.07) is 0. The Morgan fingerprint density at radius 1 is 1.40 bits per heavy atom. The number of allylic oxidation sites excluding steroid dienone is 1. The highest BCUT2D eigenvalue weighted by atomic mass is 16.5. The van der Waals surface area contributed by atoms with Gasteiger partial charge in [0, 0.05) is 6.08 Å². The highest BCUT2D eigenvalue weighted by Crippen LogP contribution is 2.28. The molecule has 2 nitrogen and oxygen atoms in total. The molecular weight excluding hydrogens is 188 g/mol. The van der Waals surface area contributed by atoms with E-state index in [0.717, 1.165) is 0 Å². The summed E-state index contributed by atoms with van der Waals surface area (Å²) in [5, 5.41) is 0. The molecule has 84 valence electrons. The number of esters is 1. The van der Waals surface area contributed by atoms with Gasteiger partial charge in [-0.05, 0) is 31.8 Å². The van der Waals surface area contributed by atoms with E-state index in [9.17, 15) is 4.79 Å². The Balaban J connectivity index is 2.54. The smallest absolute Gasteiger partial charge is 0.330 e. The fraction of sp³-hybridized carbons (Fsp3) is 0.615. The summed E-state index contributed by atoms with van der Waals surface area (Å²) in [7, 11) is 0. The van der Waals surface area contributed by atoms with E-state index in [2.05, 4.69) is 6.58 Å². The molecule has 0 aromatic carbocycles. The number of hydrogen-bond donors (Lipinski definition) is 0. The zero-order chi connectivity index (χ0) is 11.1. The van der Waals surface area contributed by atoms with Gasteiger partial charge in [0.1, 0.15) is 6.10 Å². The van der Waals surface area contributed by atoms with Crippen LogP contribution >= 0.6 is 0 Å². The van der Waals surface area contributed by atoms with Gasteiger partial charge in [-0.2, -0.15) is 0 Å². The molecule has 1 aliphatic rings. The second kappa shape index (κ2) is 6.44. The van der Waals surface area contributed by atoms with Crippen LogP contribution in [-0.4, -0.2) is 12.1 Å². The van der Waals surface area contributed by atoms with Crippen LogP contribution in [0.4, 0.5) is 0 Å². The SMILES string of the molecule is C=CC(=O)O[C@H](/C=C\C)C1CCCCC1. The molecule has 0 unspecified atom stereocenters. The Bertz CT molecular complexity index is 237. The van der Waals surface area contributed by atoms with Crippen LogP contribution in [-0.2, 0) is 9.53 Å². The minimum atomic E-state index is -0.316. The van der Waals surface area contributed by atoms with Gasteiger partial charge in [-0.25, -0.2) is 4.79 Å². The Labute approximate surface area is 92.0 Å². The van der Waals surface area contributed by atoms with Crippen molar-refractivity contribution in [2.75, 3.05) is 0 Å². The maximum Gasteiger partial charge on any atom is 0.330 e. The number of carbonyl (C=O) groups excluding carboxylic acids is 1. The van der Waals surface area contributed by atoms with Gasteiger partial charge in [0.25, 0.3) is 0 Å². The lowest BCUT2D eigenvalue weighted by Crippen LogP contribution is -2.26. The number of rotatable bonds is 4. The molecule has 1 saturated carbocycles. The fourth-order valence-corrected chi connectivity index (χ4v) is 2.13. The van der Waals surface area contributed by atoms with E-state index in [0.29, 0.717) is 5.92 Å². The Hall–Kier alpha value is -1.05. The quantitative estimate of drug-likeness (QED) is 0.403. The van der Waals surface area contributed by atoms with Gasteiger partial charge in [0.2, 0.25) is 0 Å². The summed E-state index contributed by atoms with van der Waals surface area (Å²) in [6.45, 7) is 5.38. The van der Waals surface area contributed by atoms with Gasteiger partial charge in [-0.3, -0.25) is 0 Å². The lowest BCUT2D eigenvalue weighted by Gasteiger charge is -2.27. The summed E-state index contributed by atoms with van der Waals surface area (Å²) in [5.41, 5.74) is 0. The third kappa shape index (κ3) is 3.90. The second-order valence-electron chi connectivity index (χ2n) is 4.03. The Morgan fingerprint density at radius 2 is 2.07 bits per heavy atom. The molecule has 0 aliphatic heterocycles. The van der Waals surface area contributed by atoms with Gasteiger partial charge >= 0.3 is 5.97 Å². The zero-order valence-electron chi connectivity index (χ0n) is 9.45. The average molecular weight is 208 g/mol. The van der Waals surface area contributed by atoms with Crippen LogP contribution in [0.15, 0.2) is 24.8 Å². The number of hydrogen-bond acceptors (Lipinski definition) is 2. The average Bonchev–Trinajstić information content (AvgIpc) is 2.29. The lowest BCUT2D eigenvalue weighted by molar-refractivity contribution is -0.143. The molecule has 0 bridgehead atoms. The first-order valence-corrected chi connectivity index (χ1v) is 5.73. The van der Waals surface area contributed by atoms with Crippen LogP contribution in [0.2, 0.25) is 0 Å². The molecule has 0 N–H and O–H groups in total. The third-order valence-corrected chi connectivity index (χ3v) is 2.92. The molecule has 0 aromatic heterocycles. The van der Waals surface area contributed by atoms with Crippen LogP contribution in [0.5, 0.6) is 0 Å². The monoisotopic (exact) mass is 208 g/mol. The standard InChI is InChI=1S/C13H20O2/c1-3-8-12(15-13(14)4-2)11-9-6-5-7-10-11/h3-4,8,11-12H,2,5-7,9-10H2,1H3/b8-3-/t12-/m1/s1. The summed E-state index contributed by atoms with van der Waals surface area (Å²) in [5.74, 6) is 0.183. The van der Waals surface area contributed by atoms with Crippen LogP contribution in [0.25, 0.3) is 0 Å². The van der Waals surface area contributed by atoms with Crippen molar-refractivity contribution in [2.45, 2.75) is 45.1 Å². The Morgan fingerprint density at radius 3 is 2.60 bits per heavy atom. The van der Waals surface area contributed by atoms with E-state index < -0.39 is 0 Å². The molecule has 0 saturated heterocycles. The van der Waals surface area contributed by atoms with Crippen LogP contribution < -0.4 is 0 Å². The lowest BCUT2D eigenvalue weighted by atomic mass is 9.85. The van der Waals surface area contributed by atoms with Crippen molar-refractivity contribution >= 4 is 5.97 Å². The predicted molar refractivity (Wildman–Crippen MR) is 61.5 cm³/mol. The van der Waals surface area contributed by atoms with E-state index in [-0.39, 0.29) is 12.1 Å². The summed E-state index contributed by atoms with van der Waals surface area (Å²) < 4.78 is 5.34. The summed E-state index contributed by atoms with van der Waals surface area (Å²) >= 11 is 0. The van der Waals surface area contributed by atoms with Crippen molar-refractivity contribution in [2.24, 2.45) is 5.92 Å². The van der Waals surface area contributed by atoms with Crippen molar-refractivity contribution in [3.8, 4) is 0 Å².